The fourth-order valence-electron chi connectivity index (χ4n) is 2.44. The van der Waals surface area contributed by atoms with Crippen LogP contribution in [0.3, 0.4) is 0 Å². The Morgan fingerprint density at radius 2 is 1.95 bits per heavy atom. The molecule has 104 valence electrons. The number of thioether (sulfide) groups is 1. The number of aliphatic carboxylic acids is 1. The third kappa shape index (κ3) is 4.55. The van der Waals surface area contributed by atoms with Gasteiger partial charge in [-0.3, -0.25) is 9.69 Å². The molecular weight excluding hydrogens is 258 g/mol. The van der Waals surface area contributed by atoms with Crippen LogP contribution in [0.4, 0.5) is 0 Å². The highest BCUT2D eigenvalue weighted by Gasteiger charge is 2.26. The van der Waals surface area contributed by atoms with Gasteiger partial charge < -0.3 is 5.11 Å². The maximum atomic E-state index is 10.6. The highest BCUT2D eigenvalue weighted by atomic mass is 32.2. The third-order valence-corrected chi connectivity index (χ3v) is 4.59. The van der Waals surface area contributed by atoms with Crippen LogP contribution in [0.25, 0.3) is 0 Å². The van der Waals surface area contributed by atoms with Crippen LogP contribution in [0.2, 0.25) is 0 Å². The van der Waals surface area contributed by atoms with E-state index in [9.17, 15) is 4.79 Å². The van der Waals surface area contributed by atoms with Crippen molar-refractivity contribution in [1.82, 2.24) is 4.90 Å². The zero-order valence-corrected chi connectivity index (χ0v) is 12.4. The van der Waals surface area contributed by atoms with Crippen molar-refractivity contribution in [1.29, 1.82) is 0 Å². The van der Waals surface area contributed by atoms with E-state index in [0.717, 1.165) is 25.2 Å². The molecule has 1 saturated heterocycles. The highest BCUT2D eigenvalue weighted by molar-refractivity contribution is 8.00. The lowest BCUT2D eigenvalue weighted by Gasteiger charge is -2.37. The summed E-state index contributed by atoms with van der Waals surface area (Å²) in [7, 11) is 0. The average Bonchev–Trinajstić information content (AvgIpc) is 2.30. The van der Waals surface area contributed by atoms with Crippen LogP contribution in [0, 0.1) is 0 Å². The van der Waals surface area contributed by atoms with Crippen molar-refractivity contribution < 1.29 is 9.90 Å². The van der Waals surface area contributed by atoms with Crippen LogP contribution in [0.5, 0.6) is 0 Å². The Labute approximate surface area is 119 Å². The largest absolute Gasteiger partial charge is 0.481 e. The highest BCUT2D eigenvalue weighted by Crippen LogP contribution is 2.30. The number of carboxylic acid groups (broad SMARTS) is 1. The van der Waals surface area contributed by atoms with Crippen molar-refractivity contribution >= 4 is 17.7 Å². The molecule has 0 aromatic heterocycles. The summed E-state index contributed by atoms with van der Waals surface area (Å²) >= 11 is 2.04. The molecular formula is C15H21NO2S. The van der Waals surface area contributed by atoms with Crippen molar-refractivity contribution in [2.75, 3.05) is 18.8 Å². The topological polar surface area (TPSA) is 40.5 Å². The van der Waals surface area contributed by atoms with Gasteiger partial charge in [-0.2, -0.15) is 11.8 Å². The number of benzene rings is 1. The molecule has 1 aliphatic rings. The lowest BCUT2D eigenvalue weighted by atomic mass is 10.1. The summed E-state index contributed by atoms with van der Waals surface area (Å²) < 4.78 is 0.335. The minimum absolute atomic E-state index is 0.105. The van der Waals surface area contributed by atoms with Crippen LogP contribution in [0.1, 0.15) is 25.0 Å². The van der Waals surface area contributed by atoms with Gasteiger partial charge in [0.05, 0.1) is 6.42 Å². The summed E-state index contributed by atoms with van der Waals surface area (Å²) in [5.74, 6) is 0.409. The number of hydrogen-bond donors (Lipinski definition) is 1. The number of nitrogens with zero attached hydrogens (tertiary/aromatic N) is 1. The van der Waals surface area contributed by atoms with Crippen LogP contribution in [-0.4, -0.2) is 39.6 Å². The van der Waals surface area contributed by atoms with Crippen molar-refractivity contribution in [3.05, 3.63) is 35.4 Å². The lowest BCUT2D eigenvalue weighted by molar-refractivity contribution is -0.136. The van der Waals surface area contributed by atoms with E-state index in [1.807, 2.05) is 36.0 Å². The van der Waals surface area contributed by atoms with Crippen LogP contribution in [-0.2, 0) is 17.8 Å². The number of carboxylic acids is 1. The fraction of sp³-hybridized carbons (Fsp3) is 0.533. The Hall–Kier alpha value is -1.00. The van der Waals surface area contributed by atoms with Gasteiger partial charge >= 0.3 is 5.97 Å². The fourth-order valence-corrected chi connectivity index (χ4v) is 3.62. The zero-order valence-electron chi connectivity index (χ0n) is 11.6. The maximum absolute atomic E-state index is 10.6. The Kier molecular flexibility index (Phi) is 4.53. The average molecular weight is 279 g/mol. The summed E-state index contributed by atoms with van der Waals surface area (Å²) in [4.78, 5) is 13.1. The van der Waals surface area contributed by atoms with E-state index < -0.39 is 5.97 Å². The summed E-state index contributed by atoms with van der Waals surface area (Å²) in [6, 6.07) is 7.95. The van der Waals surface area contributed by atoms with E-state index in [2.05, 4.69) is 18.7 Å². The summed E-state index contributed by atoms with van der Waals surface area (Å²) in [5, 5.41) is 8.74. The van der Waals surface area contributed by atoms with E-state index in [-0.39, 0.29) is 6.42 Å². The molecule has 0 atom stereocenters. The SMILES string of the molecule is CC1(C)CN(Cc2ccc(CC(=O)O)cc2)CCS1. The van der Waals surface area contributed by atoms with Gasteiger partial charge in [0.15, 0.2) is 0 Å². The number of rotatable bonds is 4. The van der Waals surface area contributed by atoms with E-state index in [4.69, 9.17) is 5.11 Å². The second-order valence-corrected chi connectivity index (χ2v) is 7.51. The monoisotopic (exact) mass is 279 g/mol. The summed E-state index contributed by atoms with van der Waals surface area (Å²) in [6.07, 6.45) is 0.105. The van der Waals surface area contributed by atoms with Gasteiger partial charge in [0.2, 0.25) is 0 Å². The predicted octanol–water partition coefficient (Wildman–Crippen LogP) is 2.64. The van der Waals surface area contributed by atoms with E-state index in [1.54, 1.807) is 0 Å². The first-order valence-corrected chi connectivity index (χ1v) is 7.59. The van der Waals surface area contributed by atoms with Crippen LogP contribution < -0.4 is 0 Å². The smallest absolute Gasteiger partial charge is 0.307 e. The quantitative estimate of drug-likeness (QED) is 0.920. The van der Waals surface area contributed by atoms with E-state index in [0.29, 0.717) is 4.75 Å². The molecule has 3 nitrogen and oxygen atoms in total. The minimum atomic E-state index is -0.775. The molecule has 0 radical (unpaired) electrons. The third-order valence-electron chi connectivity index (χ3n) is 3.29. The second kappa shape index (κ2) is 5.97. The normalized spacial score (nSPS) is 19.3. The number of carbonyl (C=O) groups is 1. The standard InChI is InChI=1S/C15H21NO2S/c1-15(2)11-16(7-8-19-15)10-13-5-3-12(4-6-13)9-14(17)18/h3-6H,7-11H2,1-2H3,(H,17,18). The van der Waals surface area contributed by atoms with Crippen molar-refractivity contribution in [3.63, 3.8) is 0 Å². The van der Waals surface area contributed by atoms with Crippen molar-refractivity contribution in [2.24, 2.45) is 0 Å². The molecule has 19 heavy (non-hydrogen) atoms. The molecule has 0 saturated carbocycles. The molecule has 4 heteroatoms. The molecule has 1 N–H and O–H groups in total. The molecule has 1 aromatic rings. The zero-order chi connectivity index (χ0) is 13.9. The van der Waals surface area contributed by atoms with E-state index >= 15 is 0 Å². The van der Waals surface area contributed by atoms with E-state index in [1.165, 1.54) is 11.3 Å². The molecule has 1 fully saturated rings. The predicted molar refractivity (Wildman–Crippen MR) is 79.6 cm³/mol. The van der Waals surface area contributed by atoms with Crippen molar-refractivity contribution in [3.8, 4) is 0 Å². The first-order chi connectivity index (χ1) is 8.94. The van der Waals surface area contributed by atoms with Crippen LogP contribution in [0.15, 0.2) is 24.3 Å². The second-order valence-electron chi connectivity index (χ2n) is 5.71. The Balaban J connectivity index is 1.94. The summed E-state index contributed by atoms with van der Waals surface area (Å²) in [6.45, 7) is 7.77. The molecule has 0 bridgehead atoms. The maximum Gasteiger partial charge on any atom is 0.307 e. The number of hydrogen-bond acceptors (Lipinski definition) is 3. The van der Waals surface area contributed by atoms with Gasteiger partial charge in [0.25, 0.3) is 0 Å². The first kappa shape index (κ1) is 14.4. The lowest BCUT2D eigenvalue weighted by Crippen LogP contribution is -2.42. The van der Waals surface area contributed by atoms with Gasteiger partial charge in [-0.1, -0.05) is 24.3 Å². The molecule has 1 heterocycles. The Bertz CT molecular complexity index is 442. The molecule has 1 aromatic carbocycles. The van der Waals surface area contributed by atoms with Gasteiger partial charge in [-0.25, -0.2) is 0 Å². The van der Waals surface area contributed by atoms with Gasteiger partial charge in [0.1, 0.15) is 0 Å². The molecule has 0 amide bonds. The van der Waals surface area contributed by atoms with Crippen LogP contribution >= 0.6 is 11.8 Å². The van der Waals surface area contributed by atoms with Gasteiger partial charge in [-0.05, 0) is 25.0 Å². The molecule has 1 aliphatic heterocycles. The Morgan fingerprint density at radius 3 is 2.53 bits per heavy atom. The van der Waals surface area contributed by atoms with Gasteiger partial charge in [0, 0.05) is 30.1 Å². The van der Waals surface area contributed by atoms with Gasteiger partial charge in [-0.15, -0.1) is 0 Å². The molecule has 0 unspecified atom stereocenters. The van der Waals surface area contributed by atoms with Crippen molar-refractivity contribution in [2.45, 2.75) is 31.6 Å². The first-order valence-electron chi connectivity index (χ1n) is 6.60. The summed E-state index contributed by atoms with van der Waals surface area (Å²) in [5.41, 5.74) is 2.13. The Morgan fingerprint density at radius 1 is 1.32 bits per heavy atom. The minimum Gasteiger partial charge on any atom is -0.481 e. The molecule has 2 rings (SSSR count). The molecule has 0 spiro atoms. The molecule has 0 aliphatic carbocycles.